The molecule has 4 atom stereocenters. The van der Waals surface area contributed by atoms with E-state index in [1.54, 1.807) is 0 Å². The minimum absolute atomic E-state index is 0.0323. The Bertz CT molecular complexity index is 1820. The molecule has 0 aliphatic rings. The van der Waals surface area contributed by atoms with Crippen molar-refractivity contribution in [3.63, 3.8) is 0 Å². The lowest BCUT2D eigenvalue weighted by atomic mass is 10.0. The minimum Gasteiger partial charge on any atom is -0.368 e. The van der Waals surface area contributed by atoms with E-state index in [1.165, 1.54) is 44.9 Å². The highest BCUT2D eigenvalue weighted by Crippen LogP contribution is 2.16. The smallest absolute Gasteiger partial charge is 0.242 e. The molecule has 0 saturated heterocycles. The Morgan fingerprint density at radius 1 is 0.250 bits per heavy atom. The molecule has 0 radical (unpaired) electrons. The van der Waals surface area contributed by atoms with E-state index >= 15 is 0 Å². The van der Waals surface area contributed by atoms with Gasteiger partial charge in [0.05, 0.1) is 0 Å². The van der Waals surface area contributed by atoms with Gasteiger partial charge in [-0.1, -0.05) is 193 Å². The van der Waals surface area contributed by atoms with Gasteiger partial charge in [0.25, 0.3) is 0 Å². The normalized spacial score (nSPS) is 12.6. The molecule has 0 spiro atoms. The molecule has 0 rings (SSSR count). The average Bonchev–Trinajstić information content (AvgIpc) is 3.75. The van der Waals surface area contributed by atoms with Crippen molar-refractivity contribution < 1.29 is 38.4 Å². The van der Waals surface area contributed by atoms with Crippen LogP contribution < -0.4 is 65.9 Å². The summed E-state index contributed by atoms with van der Waals surface area (Å²) in [6, 6.07) is -2.22. The number of hydrogen-bond acceptors (Lipinski definition) is 12. The Hall–Kier alpha value is -4.40. The zero-order chi connectivity index (χ0) is 67.6. The molecule has 8 amide bonds. The van der Waals surface area contributed by atoms with E-state index in [-0.39, 0.29) is 41.4 Å². The lowest BCUT2D eigenvalue weighted by Crippen LogP contribution is -2.47. The third-order valence-corrected chi connectivity index (χ3v) is 17.6. The molecule has 0 aliphatic carbocycles. The largest absolute Gasteiger partial charge is 0.368 e. The zero-order valence-corrected chi connectivity index (χ0v) is 58.7. The van der Waals surface area contributed by atoms with Crippen LogP contribution in [0.4, 0.5) is 0 Å². The molecule has 0 aromatic carbocycles. The number of rotatable bonds is 70. The van der Waals surface area contributed by atoms with E-state index in [0.717, 1.165) is 238 Å². The van der Waals surface area contributed by atoms with Crippen LogP contribution in [-0.2, 0) is 38.4 Å². The molecule has 0 aliphatic heterocycles. The van der Waals surface area contributed by atoms with E-state index < -0.39 is 30.1 Å². The molecular weight excluding hydrogens is 1160 g/mol. The van der Waals surface area contributed by atoms with E-state index in [4.69, 9.17) is 28.7 Å². The predicted molar refractivity (Wildman–Crippen MR) is 378 cm³/mol. The molecule has 0 fully saturated rings. The SMILES string of the molecule is CCCCCCCCCCCC(=O)NC(CCCCN)C(=O)NCCCCCCCCCCCC(=O)NC(CCCCN)C(=O)NCCCCCCCCCCCC(=O)NC(CCCCN)C(=O)NCCCCCCCCCCCC(=O)NC(CCCCN)C(N)=O. The van der Waals surface area contributed by atoms with E-state index in [2.05, 4.69) is 44.1 Å². The predicted octanol–water partition coefficient (Wildman–Crippen LogP) is 10.9. The molecule has 0 bridgehead atoms. The fourth-order valence-electron chi connectivity index (χ4n) is 11.7. The van der Waals surface area contributed by atoms with Crippen molar-refractivity contribution in [2.24, 2.45) is 28.7 Å². The number of nitrogens with two attached hydrogens (primary N) is 5. The van der Waals surface area contributed by atoms with Crippen molar-refractivity contribution in [2.45, 2.75) is 365 Å². The summed E-state index contributed by atoms with van der Waals surface area (Å²) in [6.45, 7) is 6.25. The van der Waals surface area contributed by atoms with E-state index in [9.17, 15) is 38.4 Å². The molecule has 20 heteroatoms. The highest BCUT2D eigenvalue weighted by atomic mass is 16.2. The lowest BCUT2D eigenvalue weighted by Gasteiger charge is -2.18. The van der Waals surface area contributed by atoms with Gasteiger partial charge >= 0.3 is 0 Å². The van der Waals surface area contributed by atoms with Crippen LogP contribution in [0.2, 0.25) is 0 Å². The van der Waals surface area contributed by atoms with Gasteiger partial charge in [0, 0.05) is 45.3 Å². The number of nitrogens with one attached hydrogen (secondary N) is 7. The fourth-order valence-corrected chi connectivity index (χ4v) is 11.7. The van der Waals surface area contributed by atoms with Crippen LogP contribution in [0.25, 0.3) is 0 Å². The number of hydrogen-bond donors (Lipinski definition) is 12. The lowest BCUT2D eigenvalue weighted by molar-refractivity contribution is -0.129. The average molecular weight is 1300 g/mol. The Morgan fingerprint density at radius 3 is 0.663 bits per heavy atom. The molecule has 0 heterocycles. The van der Waals surface area contributed by atoms with Crippen LogP contribution in [0.1, 0.15) is 341 Å². The van der Waals surface area contributed by atoms with Gasteiger partial charge in [-0.15, -0.1) is 0 Å². The zero-order valence-electron chi connectivity index (χ0n) is 58.7. The first-order chi connectivity index (χ1) is 44.8. The summed E-state index contributed by atoms with van der Waals surface area (Å²) in [5.41, 5.74) is 28.1. The van der Waals surface area contributed by atoms with Crippen LogP contribution >= 0.6 is 0 Å². The van der Waals surface area contributed by atoms with Gasteiger partial charge < -0.3 is 65.9 Å². The second kappa shape index (κ2) is 66.6. The number of amides is 8. The second-order valence-corrected chi connectivity index (χ2v) is 26.3. The number of carbonyl (C=O) groups is 8. The van der Waals surface area contributed by atoms with Crippen molar-refractivity contribution in [2.75, 3.05) is 45.8 Å². The van der Waals surface area contributed by atoms with E-state index in [1.807, 2.05) is 0 Å². The number of primary amides is 1. The quantitative estimate of drug-likeness (QED) is 0.0253. The van der Waals surface area contributed by atoms with Crippen LogP contribution in [0.5, 0.6) is 0 Å². The Morgan fingerprint density at radius 2 is 0.446 bits per heavy atom. The highest BCUT2D eigenvalue weighted by molar-refractivity contribution is 5.89. The van der Waals surface area contributed by atoms with Gasteiger partial charge in [0.2, 0.25) is 47.3 Å². The first-order valence-electron chi connectivity index (χ1n) is 37.9. The molecule has 20 nitrogen and oxygen atoms in total. The van der Waals surface area contributed by atoms with Crippen LogP contribution in [0.3, 0.4) is 0 Å². The molecule has 538 valence electrons. The summed E-state index contributed by atoms with van der Waals surface area (Å²) < 4.78 is 0. The van der Waals surface area contributed by atoms with Gasteiger partial charge in [-0.2, -0.15) is 0 Å². The van der Waals surface area contributed by atoms with Crippen LogP contribution in [0.15, 0.2) is 0 Å². The summed E-state index contributed by atoms with van der Waals surface area (Å²) in [7, 11) is 0. The van der Waals surface area contributed by atoms with Gasteiger partial charge in [-0.3, -0.25) is 38.4 Å². The van der Waals surface area contributed by atoms with Gasteiger partial charge in [0.15, 0.2) is 0 Å². The Labute approximate surface area is 559 Å². The maximum absolute atomic E-state index is 13.2. The third-order valence-electron chi connectivity index (χ3n) is 17.6. The maximum Gasteiger partial charge on any atom is 0.242 e. The number of unbranched alkanes of at least 4 members (excludes halogenated alkanes) is 36. The summed E-state index contributed by atoms with van der Waals surface area (Å²) in [4.78, 5) is 102. The topological polar surface area (TPSA) is 351 Å². The Kier molecular flexibility index (Phi) is 63.4. The Balaban J connectivity index is 4.20. The first-order valence-corrected chi connectivity index (χ1v) is 37.9. The van der Waals surface area contributed by atoms with Crippen molar-refractivity contribution >= 4 is 47.3 Å². The van der Waals surface area contributed by atoms with Crippen molar-refractivity contribution in [3.8, 4) is 0 Å². The first kappa shape index (κ1) is 87.6. The summed E-state index contributed by atoms with van der Waals surface area (Å²) in [5.74, 6) is -1.14. The molecular formula is C72H142N12O8. The molecule has 92 heavy (non-hydrogen) atoms. The molecule has 0 aromatic rings. The van der Waals surface area contributed by atoms with Gasteiger partial charge in [0.1, 0.15) is 24.2 Å². The second-order valence-electron chi connectivity index (χ2n) is 26.3. The van der Waals surface area contributed by atoms with Gasteiger partial charge in [-0.25, -0.2) is 0 Å². The minimum atomic E-state index is -0.625. The van der Waals surface area contributed by atoms with Crippen molar-refractivity contribution in [1.82, 2.24) is 37.2 Å². The maximum atomic E-state index is 13.2. The highest BCUT2D eigenvalue weighted by Gasteiger charge is 2.23. The molecule has 17 N–H and O–H groups in total. The summed E-state index contributed by atoms with van der Waals surface area (Å²) >= 11 is 0. The van der Waals surface area contributed by atoms with Gasteiger partial charge in [-0.05, 0) is 148 Å². The summed E-state index contributed by atoms with van der Waals surface area (Å²) in [5, 5.41) is 21.0. The standard InChI is InChI=1S/C72H142N12O8/c1-2-3-4-5-6-10-17-25-32-51-66(86)82-62(47-36-40-55-74)70(90)78-59-44-29-22-15-8-12-19-27-34-53-68(88)84-64(49-38-42-57-76)72(92)80-60-45-30-23-16-9-13-20-26-33-52-67(87)83-63(48-37-41-56-75)71(91)79-58-43-28-21-14-7-11-18-24-31-50-65(85)81-61(69(77)89)46-35-39-54-73/h61-64H,2-60,73-76H2,1H3,(H2,77,89)(H,78,90)(H,79,91)(H,80,92)(H,81,85)(H,82,86)(H,83,87)(H,84,88). The molecule has 4 unspecified atom stereocenters. The molecule has 0 saturated carbocycles. The molecule has 0 aromatic heterocycles. The fraction of sp³-hybridized carbons (Fsp3) is 0.889. The monoisotopic (exact) mass is 1300 g/mol. The van der Waals surface area contributed by atoms with Crippen LogP contribution in [0, 0.1) is 0 Å². The summed E-state index contributed by atoms with van der Waals surface area (Å²) in [6.07, 6.45) is 48.9. The van der Waals surface area contributed by atoms with Crippen molar-refractivity contribution in [1.29, 1.82) is 0 Å². The van der Waals surface area contributed by atoms with Crippen LogP contribution in [-0.4, -0.2) is 117 Å². The third kappa shape index (κ3) is 57.1. The van der Waals surface area contributed by atoms with Crippen molar-refractivity contribution in [3.05, 3.63) is 0 Å². The number of carbonyl (C=O) groups excluding carboxylic acids is 8. The van der Waals surface area contributed by atoms with E-state index in [0.29, 0.717) is 97.2 Å².